The summed E-state index contributed by atoms with van der Waals surface area (Å²) in [6, 6.07) is 66.6. The fraction of sp³-hybridized carbons (Fsp3) is 0.102. The van der Waals surface area contributed by atoms with E-state index in [0.717, 1.165) is 60.9 Å². The second kappa shape index (κ2) is 16.8. The van der Waals surface area contributed by atoms with Crippen molar-refractivity contribution in [3.05, 3.63) is 221 Å². The third-order valence-corrected chi connectivity index (χ3v) is 12.2. The van der Waals surface area contributed by atoms with Crippen LogP contribution in [0.4, 0.5) is 34.4 Å². The van der Waals surface area contributed by atoms with Crippen molar-refractivity contribution in [3.8, 4) is 33.9 Å². The van der Waals surface area contributed by atoms with Crippen LogP contribution in [0.2, 0.25) is 0 Å². The summed E-state index contributed by atoms with van der Waals surface area (Å²) in [6.07, 6.45) is 0. The van der Waals surface area contributed by atoms with Crippen LogP contribution < -0.4 is 9.80 Å². The number of aryl methyl sites for hydroxylation is 6. The first-order chi connectivity index (χ1) is 31.2. The highest BCUT2D eigenvalue weighted by Gasteiger charge is 2.25. The first-order valence-electron chi connectivity index (χ1n) is 21.9. The molecule has 0 N–H and O–H groups in total. The van der Waals surface area contributed by atoms with E-state index >= 15 is 0 Å². The highest BCUT2D eigenvalue weighted by molar-refractivity contribution is 6.04. The number of nitrogens with zero attached hydrogens (tertiary/aromatic N) is 5. The Morgan fingerprint density at radius 3 is 1.42 bits per heavy atom. The lowest BCUT2D eigenvalue weighted by Crippen LogP contribution is -2.17. The third kappa shape index (κ3) is 7.45. The van der Waals surface area contributed by atoms with Crippen LogP contribution >= 0.6 is 0 Å². The van der Waals surface area contributed by atoms with E-state index in [0.29, 0.717) is 17.6 Å². The van der Waals surface area contributed by atoms with E-state index in [1.54, 1.807) is 0 Å². The van der Waals surface area contributed by atoms with Gasteiger partial charge < -0.3 is 4.90 Å². The number of fused-ring (bicyclic) bond motifs is 2. The normalized spacial score (nSPS) is 11.3. The SMILES string of the molecule is Cc1cc(C)c(N(c2ccc(N(c3nc(-c4ccccc4)nc(-c4ccc5ccccc5c4-c4ccccc4)n3)c3cccc4ccccc34)cc2)c2c(C)cc(C)cc2C)c(C)c1. The van der Waals surface area contributed by atoms with E-state index in [1.807, 2.05) is 18.2 Å². The maximum atomic E-state index is 5.49. The molecule has 0 fully saturated rings. The number of benzene rings is 9. The van der Waals surface area contributed by atoms with Crippen LogP contribution in [0.25, 0.3) is 55.4 Å². The van der Waals surface area contributed by atoms with Crippen LogP contribution in [0.1, 0.15) is 33.4 Å². The quantitative estimate of drug-likeness (QED) is 0.145. The van der Waals surface area contributed by atoms with Crippen molar-refractivity contribution in [2.45, 2.75) is 41.5 Å². The first kappa shape index (κ1) is 40.2. The van der Waals surface area contributed by atoms with Gasteiger partial charge >= 0.3 is 0 Å². The van der Waals surface area contributed by atoms with Gasteiger partial charge in [-0.2, -0.15) is 9.97 Å². The summed E-state index contributed by atoms with van der Waals surface area (Å²) in [5.41, 5.74) is 16.8. The maximum absolute atomic E-state index is 5.49. The Labute approximate surface area is 376 Å². The van der Waals surface area contributed by atoms with Gasteiger partial charge in [-0.1, -0.05) is 163 Å². The molecule has 0 amide bonds. The molecule has 0 saturated heterocycles. The fourth-order valence-corrected chi connectivity index (χ4v) is 9.61. The summed E-state index contributed by atoms with van der Waals surface area (Å²) < 4.78 is 0. The van der Waals surface area contributed by atoms with Gasteiger partial charge in [0.2, 0.25) is 5.95 Å². The van der Waals surface area contributed by atoms with Gasteiger partial charge in [-0.15, -0.1) is 0 Å². The maximum Gasteiger partial charge on any atom is 0.238 e. The lowest BCUT2D eigenvalue weighted by molar-refractivity contribution is 1.02. The van der Waals surface area contributed by atoms with Crippen molar-refractivity contribution in [1.82, 2.24) is 15.0 Å². The van der Waals surface area contributed by atoms with Crippen molar-refractivity contribution in [2.75, 3.05) is 9.80 Å². The highest BCUT2D eigenvalue weighted by atomic mass is 15.3. The molecule has 1 aromatic heterocycles. The summed E-state index contributed by atoms with van der Waals surface area (Å²) in [5, 5.41) is 4.51. The van der Waals surface area contributed by atoms with E-state index in [4.69, 9.17) is 15.0 Å². The minimum absolute atomic E-state index is 0.521. The molecule has 0 bridgehead atoms. The molecule has 10 aromatic rings. The monoisotopic (exact) mass is 827 g/mol. The smallest absolute Gasteiger partial charge is 0.238 e. The Bertz CT molecular complexity index is 3230. The lowest BCUT2D eigenvalue weighted by atomic mass is 9.93. The van der Waals surface area contributed by atoms with E-state index in [-0.39, 0.29) is 0 Å². The van der Waals surface area contributed by atoms with Crippen LogP contribution in [0.5, 0.6) is 0 Å². The molecule has 0 aliphatic carbocycles. The molecule has 0 spiro atoms. The zero-order valence-electron chi connectivity index (χ0n) is 37.1. The molecular formula is C59H49N5. The molecule has 5 heteroatoms. The largest absolute Gasteiger partial charge is 0.309 e. The van der Waals surface area contributed by atoms with Crippen LogP contribution in [0, 0.1) is 41.5 Å². The molecule has 1 heterocycles. The van der Waals surface area contributed by atoms with Gasteiger partial charge in [0.1, 0.15) is 0 Å². The summed E-state index contributed by atoms with van der Waals surface area (Å²) in [6.45, 7) is 13.2. The third-order valence-electron chi connectivity index (χ3n) is 12.2. The Morgan fingerprint density at radius 2 is 0.828 bits per heavy atom. The molecule has 64 heavy (non-hydrogen) atoms. The summed E-state index contributed by atoms with van der Waals surface area (Å²) in [5.74, 6) is 1.71. The summed E-state index contributed by atoms with van der Waals surface area (Å²) >= 11 is 0. The Hall–Kier alpha value is -7.89. The molecule has 5 nitrogen and oxygen atoms in total. The van der Waals surface area contributed by atoms with E-state index in [1.165, 1.54) is 44.8 Å². The number of anilines is 6. The van der Waals surface area contributed by atoms with Gasteiger partial charge in [0, 0.05) is 33.5 Å². The van der Waals surface area contributed by atoms with Gasteiger partial charge in [-0.3, -0.25) is 4.90 Å². The molecule has 0 atom stereocenters. The van der Waals surface area contributed by atoms with Crippen molar-refractivity contribution in [2.24, 2.45) is 0 Å². The molecule has 0 aliphatic rings. The second-order valence-electron chi connectivity index (χ2n) is 16.9. The zero-order chi connectivity index (χ0) is 43.9. The van der Waals surface area contributed by atoms with Gasteiger partial charge in [0.15, 0.2) is 11.6 Å². The Kier molecular flexibility index (Phi) is 10.5. The minimum atomic E-state index is 0.521. The molecular weight excluding hydrogens is 779 g/mol. The lowest BCUT2D eigenvalue weighted by Gasteiger charge is -2.32. The Balaban J connectivity index is 1.22. The van der Waals surface area contributed by atoms with Gasteiger partial charge in [0.25, 0.3) is 0 Å². The first-order valence-corrected chi connectivity index (χ1v) is 21.9. The summed E-state index contributed by atoms with van der Waals surface area (Å²) in [4.78, 5) is 20.8. The average Bonchev–Trinajstić information content (AvgIpc) is 3.31. The molecule has 0 aliphatic heterocycles. The van der Waals surface area contributed by atoms with Crippen LogP contribution in [0.3, 0.4) is 0 Å². The zero-order valence-corrected chi connectivity index (χ0v) is 37.1. The van der Waals surface area contributed by atoms with E-state index < -0.39 is 0 Å². The summed E-state index contributed by atoms with van der Waals surface area (Å²) in [7, 11) is 0. The topological polar surface area (TPSA) is 45.2 Å². The molecule has 0 unspecified atom stereocenters. The second-order valence-corrected chi connectivity index (χ2v) is 16.9. The minimum Gasteiger partial charge on any atom is -0.309 e. The van der Waals surface area contributed by atoms with Crippen molar-refractivity contribution >= 4 is 55.9 Å². The van der Waals surface area contributed by atoms with Crippen LogP contribution in [-0.2, 0) is 0 Å². The van der Waals surface area contributed by atoms with E-state index in [2.05, 4.69) is 221 Å². The number of rotatable bonds is 9. The van der Waals surface area contributed by atoms with Crippen LogP contribution in [0.15, 0.2) is 188 Å². The molecule has 0 radical (unpaired) electrons. The number of hydrogen-bond donors (Lipinski definition) is 0. The van der Waals surface area contributed by atoms with Crippen molar-refractivity contribution in [1.29, 1.82) is 0 Å². The number of aromatic nitrogens is 3. The van der Waals surface area contributed by atoms with Gasteiger partial charge in [0.05, 0.1) is 17.1 Å². The van der Waals surface area contributed by atoms with Gasteiger partial charge in [-0.25, -0.2) is 4.98 Å². The van der Waals surface area contributed by atoms with Gasteiger partial charge in [-0.05, 0) is 122 Å². The van der Waals surface area contributed by atoms with Crippen LogP contribution in [-0.4, -0.2) is 15.0 Å². The predicted molar refractivity (Wildman–Crippen MR) is 269 cm³/mol. The predicted octanol–water partition coefficient (Wildman–Crippen LogP) is 16.0. The molecule has 10 rings (SSSR count). The van der Waals surface area contributed by atoms with E-state index in [9.17, 15) is 0 Å². The number of hydrogen-bond acceptors (Lipinski definition) is 5. The average molecular weight is 828 g/mol. The molecule has 0 saturated carbocycles. The fourth-order valence-electron chi connectivity index (χ4n) is 9.61. The molecule has 9 aromatic carbocycles. The Morgan fingerprint density at radius 1 is 0.359 bits per heavy atom. The highest BCUT2D eigenvalue weighted by Crippen LogP contribution is 2.45. The standard InChI is InChI=1S/C59H49N5/c1-38-34-40(3)55(41(4)35-38)64(56-42(5)36-39(2)37-43(56)6)49-31-29-48(30-32-49)63(53-27-17-24-44-18-13-15-25-50(44)53)59-61-57(47-22-11-8-12-23-47)60-58(62-59)52-33-28-45-19-14-16-26-51(45)54(52)46-20-9-7-10-21-46/h7-37H,1-6H3. The van der Waals surface area contributed by atoms with Crippen molar-refractivity contribution < 1.29 is 0 Å². The van der Waals surface area contributed by atoms with Crippen molar-refractivity contribution in [3.63, 3.8) is 0 Å². The molecule has 310 valence electrons.